The molecular formula is C21H26N2O2. The van der Waals surface area contributed by atoms with Crippen LogP contribution in [0.1, 0.15) is 29.5 Å². The van der Waals surface area contributed by atoms with E-state index >= 15 is 0 Å². The Balaban J connectivity index is 1.52. The topological polar surface area (TPSA) is 52.6 Å². The quantitative estimate of drug-likeness (QED) is 0.881. The van der Waals surface area contributed by atoms with Crippen molar-refractivity contribution in [2.75, 3.05) is 18.4 Å². The smallest absolute Gasteiger partial charge is 0.227 e. The second kappa shape index (κ2) is 8.17. The lowest BCUT2D eigenvalue weighted by Crippen LogP contribution is -2.43. The average molecular weight is 338 g/mol. The van der Waals surface area contributed by atoms with Crippen molar-refractivity contribution < 1.29 is 9.90 Å². The SMILES string of the molecule is Cc1cccc(NC2CCN(C(=O)Cc3ccccc3CO)CC2)c1. The molecule has 1 fully saturated rings. The first-order valence-electron chi connectivity index (χ1n) is 8.94. The van der Waals surface area contributed by atoms with Crippen LogP contribution in [0.25, 0.3) is 0 Å². The van der Waals surface area contributed by atoms with Gasteiger partial charge in [-0.3, -0.25) is 4.79 Å². The number of aliphatic hydroxyl groups is 1. The molecule has 1 aliphatic rings. The molecule has 132 valence electrons. The number of anilines is 1. The zero-order chi connectivity index (χ0) is 17.6. The molecule has 0 saturated carbocycles. The van der Waals surface area contributed by atoms with Crippen molar-refractivity contribution in [3.05, 3.63) is 65.2 Å². The van der Waals surface area contributed by atoms with Gasteiger partial charge in [0.1, 0.15) is 0 Å². The van der Waals surface area contributed by atoms with Crippen molar-refractivity contribution in [2.45, 2.75) is 38.8 Å². The molecule has 0 bridgehead atoms. The number of hydrogen-bond acceptors (Lipinski definition) is 3. The second-order valence-corrected chi connectivity index (χ2v) is 6.77. The fourth-order valence-corrected chi connectivity index (χ4v) is 3.40. The number of carbonyl (C=O) groups excluding carboxylic acids is 1. The van der Waals surface area contributed by atoms with Crippen LogP contribution < -0.4 is 5.32 Å². The van der Waals surface area contributed by atoms with Gasteiger partial charge in [-0.05, 0) is 48.6 Å². The van der Waals surface area contributed by atoms with Crippen molar-refractivity contribution in [2.24, 2.45) is 0 Å². The largest absolute Gasteiger partial charge is 0.392 e. The third-order valence-corrected chi connectivity index (χ3v) is 4.87. The predicted molar refractivity (Wildman–Crippen MR) is 100 cm³/mol. The number of aliphatic hydroxyl groups excluding tert-OH is 1. The first kappa shape index (κ1) is 17.5. The van der Waals surface area contributed by atoms with Crippen molar-refractivity contribution in [1.82, 2.24) is 4.90 Å². The highest BCUT2D eigenvalue weighted by molar-refractivity contribution is 5.79. The van der Waals surface area contributed by atoms with Gasteiger partial charge in [0.2, 0.25) is 5.91 Å². The maximum Gasteiger partial charge on any atom is 0.227 e. The Morgan fingerprint density at radius 3 is 2.52 bits per heavy atom. The molecule has 2 aromatic carbocycles. The summed E-state index contributed by atoms with van der Waals surface area (Å²) in [6.07, 6.45) is 2.29. The Kier molecular flexibility index (Phi) is 5.71. The highest BCUT2D eigenvalue weighted by atomic mass is 16.3. The van der Waals surface area contributed by atoms with E-state index < -0.39 is 0 Å². The Bertz CT molecular complexity index is 721. The number of amides is 1. The Morgan fingerprint density at radius 1 is 1.12 bits per heavy atom. The molecule has 1 saturated heterocycles. The van der Waals surface area contributed by atoms with Gasteiger partial charge < -0.3 is 15.3 Å². The van der Waals surface area contributed by atoms with Crippen LogP contribution in [0, 0.1) is 6.92 Å². The van der Waals surface area contributed by atoms with E-state index in [0.29, 0.717) is 12.5 Å². The summed E-state index contributed by atoms with van der Waals surface area (Å²) in [5.41, 5.74) is 4.17. The van der Waals surface area contributed by atoms with E-state index in [1.807, 2.05) is 29.2 Å². The zero-order valence-electron chi connectivity index (χ0n) is 14.7. The molecule has 0 aromatic heterocycles. The molecule has 1 heterocycles. The molecule has 0 aliphatic carbocycles. The first-order chi connectivity index (χ1) is 12.2. The third kappa shape index (κ3) is 4.60. The van der Waals surface area contributed by atoms with E-state index in [1.54, 1.807) is 0 Å². The Hall–Kier alpha value is -2.33. The molecule has 1 amide bonds. The van der Waals surface area contributed by atoms with E-state index in [1.165, 1.54) is 5.56 Å². The maximum absolute atomic E-state index is 12.6. The molecule has 0 unspecified atom stereocenters. The average Bonchev–Trinajstić information content (AvgIpc) is 2.63. The van der Waals surface area contributed by atoms with Crippen LogP contribution in [0.2, 0.25) is 0 Å². The monoisotopic (exact) mass is 338 g/mol. The van der Waals surface area contributed by atoms with Crippen LogP contribution in [0.15, 0.2) is 48.5 Å². The summed E-state index contributed by atoms with van der Waals surface area (Å²) in [4.78, 5) is 14.5. The van der Waals surface area contributed by atoms with Crippen molar-refractivity contribution >= 4 is 11.6 Å². The third-order valence-electron chi connectivity index (χ3n) is 4.87. The predicted octanol–water partition coefficient (Wildman–Crippen LogP) is 3.13. The second-order valence-electron chi connectivity index (χ2n) is 6.77. The van der Waals surface area contributed by atoms with Gasteiger partial charge >= 0.3 is 0 Å². The van der Waals surface area contributed by atoms with E-state index in [4.69, 9.17) is 0 Å². The number of hydrogen-bond donors (Lipinski definition) is 2. The number of nitrogens with zero attached hydrogens (tertiary/aromatic N) is 1. The van der Waals surface area contributed by atoms with Crippen LogP contribution in [0.5, 0.6) is 0 Å². The molecule has 1 aliphatic heterocycles. The number of aryl methyl sites for hydroxylation is 1. The first-order valence-corrected chi connectivity index (χ1v) is 8.94. The summed E-state index contributed by atoms with van der Waals surface area (Å²) in [5.74, 6) is 0.148. The summed E-state index contributed by atoms with van der Waals surface area (Å²) in [5, 5.41) is 13.0. The molecule has 0 atom stereocenters. The molecule has 0 radical (unpaired) electrons. The highest BCUT2D eigenvalue weighted by Gasteiger charge is 2.23. The number of rotatable bonds is 5. The molecule has 4 heteroatoms. The number of piperidine rings is 1. The van der Waals surface area contributed by atoms with E-state index in [9.17, 15) is 9.90 Å². The van der Waals surface area contributed by atoms with Crippen LogP contribution >= 0.6 is 0 Å². The van der Waals surface area contributed by atoms with Gasteiger partial charge in [0.25, 0.3) is 0 Å². The summed E-state index contributed by atoms with van der Waals surface area (Å²) in [6, 6.07) is 16.4. The number of nitrogens with one attached hydrogen (secondary N) is 1. The number of likely N-dealkylation sites (tertiary alicyclic amines) is 1. The zero-order valence-corrected chi connectivity index (χ0v) is 14.7. The van der Waals surface area contributed by atoms with Crippen LogP contribution in [0.4, 0.5) is 5.69 Å². The van der Waals surface area contributed by atoms with E-state index in [0.717, 1.165) is 42.7 Å². The van der Waals surface area contributed by atoms with Gasteiger partial charge in [-0.15, -0.1) is 0 Å². The molecule has 2 aromatic rings. The van der Waals surface area contributed by atoms with Crippen molar-refractivity contribution in [1.29, 1.82) is 0 Å². The summed E-state index contributed by atoms with van der Waals surface area (Å²) < 4.78 is 0. The standard InChI is InChI=1S/C21H26N2O2/c1-16-5-4-8-20(13-16)22-19-9-11-23(12-10-19)21(25)14-17-6-2-3-7-18(17)15-24/h2-8,13,19,22,24H,9-12,14-15H2,1H3. The lowest BCUT2D eigenvalue weighted by Gasteiger charge is -2.33. The van der Waals surface area contributed by atoms with E-state index in [2.05, 4.69) is 36.5 Å². The van der Waals surface area contributed by atoms with E-state index in [-0.39, 0.29) is 12.5 Å². The molecule has 3 rings (SSSR count). The van der Waals surface area contributed by atoms with Gasteiger partial charge in [0.05, 0.1) is 13.0 Å². The maximum atomic E-state index is 12.6. The lowest BCUT2D eigenvalue weighted by atomic mass is 10.0. The van der Waals surface area contributed by atoms with Crippen molar-refractivity contribution in [3.8, 4) is 0 Å². The van der Waals surface area contributed by atoms with Crippen LogP contribution in [-0.4, -0.2) is 35.0 Å². The minimum Gasteiger partial charge on any atom is -0.392 e. The minimum atomic E-state index is -0.0219. The van der Waals surface area contributed by atoms with Crippen LogP contribution in [-0.2, 0) is 17.8 Å². The van der Waals surface area contributed by atoms with Gasteiger partial charge in [0, 0.05) is 24.8 Å². The fraction of sp³-hybridized carbons (Fsp3) is 0.381. The van der Waals surface area contributed by atoms with Crippen LogP contribution in [0.3, 0.4) is 0 Å². The van der Waals surface area contributed by atoms with Gasteiger partial charge in [-0.2, -0.15) is 0 Å². The van der Waals surface area contributed by atoms with Gasteiger partial charge in [-0.1, -0.05) is 36.4 Å². The fourth-order valence-electron chi connectivity index (χ4n) is 3.40. The summed E-state index contributed by atoms with van der Waals surface area (Å²) in [7, 11) is 0. The van der Waals surface area contributed by atoms with Crippen molar-refractivity contribution in [3.63, 3.8) is 0 Å². The number of carbonyl (C=O) groups is 1. The molecule has 25 heavy (non-hydrogen) atoms. The summed E-state index contributed by atoms with van der Waals surface area (Å²) >= 11 is 0. The highest BCUT2D eigenvalue weighted by Crippen LogP contribution is 2.19. The van der Waals surface area contributed by atoms with Gasteiger partial charge in [-0.25, -0.2) is 0 Å². The lowest BCUT2D eigenvalue weighted by molar-refractivity contribution is -0.131. The molecule has 2 N–H and O–H groups in total. The Labute approximate surface area is 149 Å². The molecular weight excluding hydrogens is 312 g/mol. The van der Waals surface area contributed by atoms with Gasteiger partial charge in [0.15, 0.2) is 0 Å². The normalized spacial score (nSPS) is 15.2. The molecule has 4 nitrogen and oxygen atoms in total. The molecule has 0 spiro atoms. The summed E-state index contributed by atoms with van der Waals surface area (Å²) in [6.45, 7) is 3.63. The number of benzene rings is 2. The Morgan fingerprint density at radius 2 is 1.84 bits per heavy atom. The minimum absolute atomic E-state index is 0.0219.